The second-order valence-electron chi connectivity index (χ2n) is 7.21. The van der Waals surface area contributed by atoms with E-state index in [2.05, 4.69) is 10.6 Å². The van der Waals surface area contributed by atoms with E-state index < -0.39 is 0 Å². The highest BCUT2D eigenvalue weighted by molar-refractivity contribution is 8.00. The first-order valence-corrected chi connectivity index (χ1v) is 10.8. The smallest absolute Gasteiger partial charge is 0.253 e. The van der Waals surface area contributed by atoms with E-state index in [1.54, 1.807) is 18.2 Å². The van der Waals surface area contributed by atoms with Crippen molar-refractivity contribution in [2.45, 2.75) is 37.0 Å². The maximum Gasteiger partial charge on any atom is 0.253 e. The van der Waals surface area contributed by atoms with Crippen LogP contribution >= 0.6 is 11.8 Å². The van der Waals surface area contributed by atoms with Gasteiger partial charge in [0.25, 0.3) is 5.91 Å². The molecule has 2 atom stereocenters. The number of hydrogen-bond donors (Lipinski definition) is 2. The molecule has 4 nitrogen and oxygen atoms in total. The molecule has 2 amide bonds. The molecule has 0 saturated carbocycles. The summed E-state index contributed by atoms with van der Waals surface area (Å²) in [7, 11) is 0. The summed E-state index contributed by atoms with van der Waals surface area (Å²) in [5.41, 5.74) is 3.16. The van der Waals surface area contributed by atoms with Crippen molar-refractivity contribution in [2.24, 2.45) is 0 Å². The van der Waals surface area contributed by atoms with Crippen LogP contribution in [0.3, 0.4) is 0 Å². The molecule has 3 rings (SSSR count). The molecule has 154 valence electrons. The van der Waals surface area contributed by atoms with E-state index in [1.165, 1.54) is 17.3 Å². The number of carbonyl (C=O) groups is 2. The van der Waals surface area contributed by atoms with Gasteiger partial charge in [-0.05, 0) is 50.6 Å². The molecule has 3 aromatic carbocycles. The number of aryl methyl sites for hydroxylation is 1. The zero-order valence-corrected chi connectivity index (χ0v) is 18.2. The average molecular weight is 419 g/mol. The van der Waals surface area contributed by atoms with Crippen LogP contribution in [0, 0.1) is 6.92 Å². The third-order valence-electron chi connectivity index (χ3n) is 4.78. The monoisotopic (exact) mass is 418 g/mol. The van der Waals surface area contributed by atoms with Gasteiger partial charge in [-0.3, -0.25) is 9.59 Å². The Morgan fingerprint density at radius 1 is 0.833 bits per heavy atom. The summed E-state index contributed by atoms with van der Waals surface area (Å²) < 4.78 is 0. The molecule has 5 heteroatoms. The largest absolute Gasteiger partial charge is 0.345 e. The molecular formula is C25H26N2O2S. The number of anilines is 1. The van der Waals surface area contributed by atoms with E-state index in [-0.39, 0.29) is 23.1 Å². The van der Waals surface area contributed by atoms with Gasteiger partial charge in [-0.2, -0.15) is 0 Å². The minimum absolute atomic E-state index is 0.140. The van der Waals surface area contributed by atoms with Crippen LogP contribution < -0.4 is 10.6 Å². The molecule has 0 fully saturated rings. The third-order valence-corrected chi connectivity index (χ3v) is 5.89. The molecule has 0 spiro atoms. The first kappa shape index (κ1) is 21.7. The van der Waals surface area contributed by atoms with Crippen molar-refractivity contribution in [3.63, 3.8) is 0 Å². The van der Waals surface area contributed by atoms with Crippen LogP contribution in [-0.4, -0.2) is 17.1 Å². The second-order valence-corrected chi connectivity index (χ2v) is 8.63. The SMILES string of the molecule is Cc1ccc(S[C@H](C)C(=O)Nc2ccccc2C(=O)N[C@H](C)c2ccccc2)cc1. The van der Waals surface area contributed by atoms with Crippen LogP contribution in [0.15, 0.2) is 83.8 Å². The minimum atomic E-state index is -0.299. The summed E-state index contributed by atoms with van der Waals surface area (Å²) >= 11 is 1.49. The summed E-state index contributed by atoms with van der Waals surface area (Å²) in [6.45, 7) is 5.83. The van der Waals surface area contributed by atoms with Crippen LogP contribution in [0.25, 0.3) is 0 Å². The molecule has 0 heterocycles. The van der Waals surface area contributed by atoms with Crippen molar-refractivity contribution < 1.29 is 9.59 Å². The van der Waals surface area contributed by atoms with Gasteiger partial charge in [0.2, 0.25) is 5.91 Å². The molecule has 0 unspecified atom stereocenters. The Bertz CT molecular complexity index is 1000. The van der Waals surface area contributed by atoms with Gasteiger partial charge in [-0.1, -0.05) is 60.2 Å². The fourth-order valence-corrected chi connectivity index (χ4v) is 3.87. The van der Waals surface area contributed by atoms with Gasteiger partial charge in [-0.25, -0.2) is 0 Å². The van der Waals surface area contributed by atoms with Crippen molar-refractivity contribution in [1.82, 2.24) is 5.32 Å². The molecule has 30 heavy (non-hydrogen) atoms. The Morgan fingerprint density at radius 3 is 2.17 bits per heavy atom. The van der Waals surface area contributed by atoms with Crippen LogP contribution in [0.5, 0.6) is 0 Å². The average Bonchev–Trinajstić information content (AvgIpc) is 2.76. The van der Waals surface area contributed by atoms with Crippen molar-refractivity contribution >= 4 is 29.3 Å². The van der Waals surface area contributed by atoms with Crippen molar-refractivity contribution in [2.75, 3.05) is 5.32 Å². The van der Waals surface area contributed by atoms with E-state index in [9.17, 15) is 9.59 Å². The first-order chi connectivity index (χ1) is 14.4. The van der Waals surface area contributed by atoms with Gasteiger partial charge >= 0.3 is 0 Å². The van der Waals surface area contributed by atoms with Gasteiger partial charge in [0.05, 0.1) is 22.5 Å². The molecular weight excluding hydrogens is 392 g/mol. The number of amides is 2. The molecule has 0 saturated heterocycles. The van der Waals surface area contributed by atoms with E-state index in [0.717, 1.165) is 10.5 Å². The fraction of sp³-hybridized carbons (Fsp3) is 0.200. The van der Waals surface area contributed by atoms with Gasteiger partial charge < -0.3 is 10.6 Å². The Kier molecular flexibility index (Phi) is 7.31. The molecule has 0 bridgehead atoms. The van der Waals surface area contributed by atoms with Crippen LogP contribution in [0.4, 0.5) is 5.69 Å². The molecule has 0 aliphatic rings. The Labute approximate surface area is 182 Å². The molecule has 0 aliphatic carbocycles. The number of para-hydroxylation sites is 1. The quantitative estimate of drug-likeness (QED) is 0.491. The zero-order valence-electron chi connectivity index (χ0n) is 17.4. The lowest BCUT2D eigenvalue weighted by molar-refractivity contribution is -0.115. The molecule has 0 radical (unpaired) electrons. The Balaban J connectivity index is 1.67. The predicted molar refractivity (Wildman–Crippen MR) is 124 cm³/mol. The van der Waals surface area contributed by atoms with E-state index in [1.807, 2.05) is 81.4 Å². The second kappa shape index (κ2) is 10.1. The van der Waals surface area contributed by atoms with Gasteiger partial charge in [-0.15, -0.1) is 11.8 Å². The van der Waals surface area contributed by atoms with Gasteiger partial charge in [0.1, 0.15) is 0 Å². The number of carbonyl (C=O) groups excluding carboxylic acids is 2. The Morgan fingerprint density at radius 2 is 1.47 bits per heavy atom. The highest BCUT2D eigenvalue weighted by Crippen LogP contribution is 2.25. The zero-order chi connectivity index (χ0) is 21.5. The summed E-state index contributed by atoms with van der Waals surface area (Å²) in [5.74, 6) is -0.363. The van der Waals surface area contributed by atoms with E-state index >= 15 is 0 Å². The Hall–Kier alpha value is -3.05. The molecule has 0 aliphatic heterocycles. The van der Waals surface area contributed by atoms with Crippen LogP contribution in [0.2, 0.25) is 0 Å². The van der Waals surface area contributed by atoms with Crippen LogP contribution in [-0.2, 0) is 4.79 Å². The number of benzene rings is 3. The lowest BCUT2D eigenvalue weighted by Crippen LogP contribution is -2.29. The lowest BCUT2D eigenvalue weighted by Gasteiger charge is -2.17. The van der Waals surface area contributed by atoms with Gasteiger partial charge in [0.15, 0.2) is 0 Å². The van der Waals surface area contributed by atoms with Gasteiger partial charge in [0, 0.05) is 4.90 Å². The number of thioether (sulfide) groups is 1. The minimum Gasteiger partial charge on any atom is -0.345 e. The summed E-state index contributed by atoms with van der Waals surface area (Å²) in [6, 6.07) is 24.8. The van der Waals surface area contributed by atoms with E-state index in [0.29, 0.717) is 11.3 Å². The molecule has 3 aromatic rings. The first-order valence-electron chi connectivity index (χ1n) is 9.93. The topological polar surface area (TPSA) is 58.2 Å². The van der Waals surface area contributed by atoms with Crippen LogP contribution in [0.1, 0.15) is 41.4 Å². The maximum absolute atomic E-state index is 12.9. The lowest BCUT2D eigenvalue weighted by atomic mass is 10.1. The highest BCUT2D eigenvalue weighted by Gasteiger charge is 2.19. The fourth-order valence-electron chi connectivity index (χ4n) is 3.00. The third kappa shape index (κ3) is 5.74. The maximum atomic E-state index is 12.9. The standard InChI is InChI=1S/C25H26N2O2S/c1-17-13-15-21(16-14-17)30-19(3)24(28)27-23-12-8-7-11-22(23)25(29)26-18(2)20-9-5-4-6-10-20/h4-16,18-19H,1-3H3,(H,26,29)(H,27,28)/t18-,19-/m1/s1. The summed E-state index contributed by atoms with van der Waals surface area (Å²) in [5, 5.41) is 5.62. The van der Waals surface area contributed by atoms with Crippen molar-refractivity contribution in [3.05, 3.63) is 95.6 Å². The van der Waals surface area contributed by atoms with Crippen molar-refractivity contribution in [1.29, 1.82) is 0 Å². The molecule has 0 aromatic heterocycles. The van der Waals surface area contributed by atoms with Crippen molar-refractivity contribution in [3.8, 4) is 0 Å². The van der Waals surface area contributed by atoms with E-state index in [4.69, 9.17) is 0 Å². The number of nitrogens with one attached hydrogen (secondary N) is 2. The normalized spacial score (nSPS) is 12.6. The number of rotatable bonds is 7. The molecule has 2 N–H and O–H groups in total. The highest BCUT2D eigenvalue weighted by atomic mass is 32.2. The number of hydrogen-bond acceptors (Lipinski definition) is 3. The summed E-state index contributed by atoms with van der Waals surface area (Å²) in [6.07, 6.45) is 0. The predicted octanol–water partition coefficient (Wildman–Crippen LogP) is 5.61. The summed E-state index contributed by atoms with van der Waals surface area (Å²) in [4.78, 5) is 26.6.